The lowest BCUT2D eigenvalue weighted by molar-refractivity contribution is 0.0927. The summed E-state index contributed by atoms with van der Waals surface area (Å²) in [5.74, 6) is 0.257. The lowest BCUT2D eigenvalue weighted by Crippen LogP contribution is -2.27. The van der Waals surface area contributed by atoms with Crippen molar-refractivity contribution in [2.45, 2.75) is 26.8 Å². The fourth-order valence-electron chi connectivity index (χ4n) is 2.83. The van der Waals surface area contributed by atoms with Crippen molar-refractivity contribution in [3.05, 3.63) is 65.2 Å². The van der Waals surface area contributed by atoms with Gasteiger partial charge in [-0.1, -0.05) is 24.3 Å². The van der Waals surface area contributed by atoms with Crippen molar-refractivity contribution < 1.29 is 9.21 Å². The van der Waals surface area contributed by atoms with Crippen LogP contribution in [0, 0.1) is 13.8 Å². The minimum absolute atomic E-state index is 0. The summed E-state index contributed by atoms with van der Waals surface area (Å²) < 4.78 is 5.79. The molecule has 0 spiro atoms. The molecule has 1 aromatic carbocycles. The monoisotopic (exact) mass is 373 g/mol. The summed E-state index contributed by atoms with van der Waals surface area (Å²) in [6.45, 7) is 6.13. The lowest BCUT2D eigenvalue weighted by Gasteiger charge is -2.06. The molecule has 0 aliphatic heterocycles. The molecular formula is C20H24ClN3O2. The number of pyridine rings is 1. The number of para-hydroxylation sites is 1. The highest BCUT2D eigenvalue weighted by molar-refractivity contribution is 5.99. The number of nitrogens with zero attached hydrogens (tertiary/aromatic N) is 1. The van der Waals surface area contributed by atoms with Gasteiger partial charge in [0.2, 0.25) is 0 Å². The number of amides is 1. The van der Waals surface area contributed by atoms with Gasteiger partial charge in [-0.25, -0.2) is 0 Å². The number of hydrogen-bond donors (Lipinski definition) is 2. The van der Waals surface area contributed by atoms with Gasteiger partial charge < -0.3 is 15.1 Å². The number of hydrogen-bond acceptors (Lipinski definition) is 4. The first-order valence-electron chi connectivity index (χ1n) is 8.53. The summed E-state index contributed by atoms with van der Waals surface area (Å²) in [6.07, 6.45) is 4.46. The molecule has 0 atom stereocenters. The number of aryl methyl sites for hydroxylation is 2. The second-order valence-electron chi connectivity index (χ2n) is 6.16. The molecule has 0 fully saturated rings. The second kappa shape index (κ2) is 9.36. The third kappa shape index (κ3) is 4.62. The third-order valence-corrected chi connectivity index (χ3v) is 4.23. The van der Waals surface area contributed by atoms with E-state index in [2.05, 4.69) is 15.6 Å². The number of halogens is 1. The third-order valence-electron chi connectivity index (χ3n) is 4.23. The zero-order valence-electron chi connectivity index (χ0n) is 15.0. The number of aromatic nitrogens is 1. The molecule has 0 radical (unpaired) electrons. The number of fused-ring (bicyclic) bond motifs is 1. The Bertz CT molecular complexity index is 862. The summed E-state index contributed by atoms with van der Waals surface area (Å²) in [5.41, 5.74) is 3.88. The van der Waals surface area contributed by atoms with E-state index in [9.17, 15) is 4.79 Å². The molecule has 0 aliphatic rings. The highest BCUT2D eigenvalue weighted by atomic mass is 35.5. The van der Waals surface area contributed by atoms with E-state index < -0.39 is 0 Å². The normalized spacial score (nSPS) is 10.5. The van der Waals surface area contributed by atoms with Crippen molar-refractivity contribution in [1.82, 2.24) is 15.6 Å². The van der Waals surface area contributed by atoms with Crippen LogP contribution in [0.5, 0.6) is 0 Å². The molecule has 26 heavy (non-hydrogen) atoms. The van der Waals surface area contributed by atoms with Gasteiger partial charge in [-0.15, -0.1) is 12.4 Å². The van der Waals surface area contributed by atoms with E-state index in [1.807, 2.05) is 50.4 Å². The van der Waals surface area contributed by atoms with Gasteiger partial charge in [-0.2, -0.15) is 0 Å². The predicted molar refractivity (Wildman–Crippen MR) is 106 cm³/mol. The topological polar surface area (TPSA) is 67.2 Å². The van der Waals surface area contributed by atoms with E-state index in [4.69, 9.17) is 4.42 Å². The molecule has 0 unspecified atom stereocenters. The standard InChI is InChI=1S/C20H23N3O2.ClH/c1-14-6-3-8-17-15(2)19(25-18(14)17)20(24)23-11-5-10-22-13-16-7-4-9-21-12-16;/h3-4,6-9,12,22H,5,10-11,13H2,1-2H3,(H,23,24);1H. The largest absolute Gasteiger partial charge is 0.450 e. The number of benzene rings is 1. The van der Waals surface area contributed by atoms with Crippen LogP contribution >= 0.6 is 12.4 Å². The molecule has 138 valence electrons. The van der Waals surface area contributed by atoms with Crippen LogP contribution in [-0.2, 0) is 6.54 Å². The fraction of sp³-hybridized carbons (Fsp3) is 0.300. The van der Waals surface area contributed by atoms with Crippen LogP contribution in [0.15, 0.2) is 47.1 Å². The molecule has 0 saturated carbocycles. The summed E-state index contributed by atoms with van der Waals surface area (Å²) in [5, 5.41) is 7.28. The quantitative estimate of drug-likeness (QED) is 0.618. The van der Waals surface area contributed by atoms with Crippen LogP contribution in [0.4, 0.5) is 0 Å². The summed E-state index contributed by atoms with van der Waals surface area (Å²) in [7, 11) is 0. The van der Waals surface area contributed by atoms with Crippen LogP contribution in [0.3, 0.4) is 0 Å². The zero-order chi connectivity index (χ0) is 17.6. The number of carbonyl (C=O) groups excluding carboxylic acids is 1. The highest BCUT2D eigenvalue weighted by Crippen LogP contribution is 2.27. The van der Waals surface area contributed by atoms with Crippen LogP contribution in [0.2, 0.25) is 0 Å². The molecule has 6 heteroatoms. The maximum atomic E-state index is 12.4. The molecule has 3 aromatic rings. The Morgan fingerprint density at radius 1 is 1.15 bits per heavy atom. The van der Waals surface area contributed by atoms with Crippen molar-refractivity contribution in [2.24, 2.45) is 0 Å². The first kappa shape index (κ1) is 19.9. The van der Waals surface area contributed by atoms with Crippen LogP contribution in [0.1, 0.15) is 33.7 Å². The molecule has 1 amide bonds. The molecule has 0 saturated heterocycles. The first-order chi connectivity index (χ1) is 12.2. The SMILES string of the molecule is Cc1c(C(=O)NCCCNCc2cccnc2)oc2c(C)cccc12.Cl. The summed E-state index contributed by atoms with van der Waals surface area (Å²) >= 11 is 0. The van der Waals surface area contributed by atoms with Gasteiger partial charge in [0.25, 0.3) is 5.91 Å². The van der Waals surface area contributed by atoms with Gasteiger partial charge in [0.1, 0.15) is 5.58 Å². The van der Waals surface area contributed by atoms with Gasteiger partial charge in [-0.3, -0.25) is 9.78 Å². The van der Waals surface area contributed by atoms with E-state index in [0.29, 0.717) is 12.3 Å². The predicted octanol–water partition coefficient (Wildman–Crippen LogP) is 3.78. The zero-order valence-corrected chi connectivity index (χ0v) is 15.9. The van der Waals surface area contributed by atoms with Crippen LogP contribution < -0.4 is 10.6 Å². The number of furan rings is 1. The molecule has 2 heterocycles. The Labute approximate surface area is 159 Å². The second-order valence-corrected chi connectivity index (χ2v) is 6.16. The fourth-order valence-corrected chi connectivity index (χ4v) is 2.83. The Morgan fingerprint density at radius 3 is 2.73 bits per heavy atom. The Hall–Kier alpha value is -2.37. The Kier molecular flexibility index (Phi) is 7.18. The van der Waals surface area contributed by atoms with E-state index in [1.54, 1.807) is 6.20 Å². The molecule has 0 aliphatic carbocycles. The van der Waals surface area contributed by atoms with Gasteiger partial charge >= 0.3 is 0 Å². The average Bonchev–Trinajstić information content (AvgIpc) is 2.97. The van der Waals surface area contributed by atoms with Crippen LogP contribution in [-0.4, -0.2) is 24.0 Å². The molecule has 5 nitrogen and oxygen atoms in total. The Balaban J connectivity index is 0.00000243. The highest BCUT2D eigenvalue weighted by Gasteiger charge is 2.17. The van der Waals surface area contributed by atoms with Gasteiger partial charge in [0, 0.05) is 36.4 Å². The van der Waals surface area contributed by atoms with Crippen molar-refractivity contribution >= 4 is 29.3 Å². The smallest absolute Gasteiger partial charge is 0.287 e. The number of rotatable bonds is 7. The maximum absolute atomic E-state index is 12.4. The van der Waals surface area contributed by atoms with Gasteiger partial charge in [0.05, 0.1) is 0 Å². The van der Waals surface area contributed by atoms with Crippen molar-refractivity contribution in [3.8, 4) is 0 Å². The first-order valence-corrected chi connectivity index (χ1v) is 8.53. The Morgan fingerprint density at radius 2 is 2.00 bits per heavy atom. The lowest BCUT2D eigenvalue weighted by atomic mass is 10.1. The molecule has 0 bridgehead atoms. The van der Waals surface area contributed by atoms with Crippen LogP contribution in [0.25, 0.3) is 11.0 Å². The minimum Gasteiger partial charge on any atom is -0.450 e. The van der Waals surface area contributed by atoms with Gasteiger partial charge in [-0.05, 0) is 44.0 Å². The van der Waals surface area contributed by atoms with Gasteiger partial charge in [0.15, 0.2) is 5.76 Å². The van der Waals surface area contributed by atoms with Crippen molar-refractivity contribution in [1.29, 1.82) is 0 Å². The summed E-state index contributed by atoms with van der Waals surface area (Å²) in [4.78, 5) is 16.4. The maximum Gasteiger partial charge on any atom is 0.287 e. The van der Waals surface area contributed by atoms with E-state index in [1.165, 1.54) is 0 Å². The molecule has 3 rings (SSSR count). The van der Waals surface area contributed by atoms with E-state index in [0.717, 1.165) is 47.2 Å². The van der Waals surface area contributed by atoms with E-state index >= 15 is 0 Å². The average molecular weight is 374 g/mol. The molecule has 2 aromatic heterocycles. The van der Waals surface area contributed by atoms with E-state index in [-0.39, 0.29) is 18.3 Å². The number of carbonyl (C=O) groups is 1. The van der Waals surface area contributed by atoms with Crippen molar-refractivity contribution in [2.75, 3.05) is 13.1 Å². The van der Waals surface area contributed by atoms with Crippen molar-refractivity contribution in [3.63, 3.8) is 0 Å². The number of nitrogens with one attached hydrogen (secondary N) is 2. The minimum atomic E-state index is -0.152. The molecule has 2 N–H and O–H groups in total. The summed E-state index contributed by atoms with van der Waals surface area (Å²) in [6, 6.07) is 9.92. The molecular weight excluding hydrogens is 350 g/mol.